The van der Waals surface area contributed by atoms with Crippen molar-refractivity contribution in [3.63, 3.8) is 0 Å². The number of rotatable bonds is 3. The van der Waals surface area contributed by atoms with Gasteiger partial charge in [-0.15, -0.1) is 22.7 Å². The first-order chi connectivity index (χ1) is 18.6. The second kappa shape index (κ2) is 12.6. The van der Waals surface area contributed by atoms with Gasteiger partial charge in [-0.3, -0.25) is 0 Å². The minimum absolute atomic E-state index is 0.291. The predicted molar refractivity (Wildman–Crippen MR) is 152 cm³/mol. The van der Waals surface area contributed by atoms with Crippen LogP contribution in [0.25, 0.3) is 0 Å². The highest BCUT2D eigenvalue weighted by Crippen LogP contribution is 2.30. The quantitative estimate of drug-likeness (QED) is 0.341. The molecule has 4 heterocycles. The summed E-state index contributed by atoms with van der Waals surface area (Å²) >= 11 is 2.63. The lowest BCUT2D eigenvalue weighted by atomic mass is 10.1. The van der Waals surface area contributed by atoms with E-state index >= 15 is 0 Å². The number of hydrogen-bond donors (Lipinski definition) is 1. The molecule has 0 unspecified atom stereocenters. The fourth-order valence-electron chi connectivity index (χ4n) is 4.01. The summed E-state index contributed by atoms with van der Waals surface area (Å²) in [6.07, 6.45) is 0.769. The van der Waals surface area contributed by atoms with Gasteiger partial charge >= 0.3 is 24.1 Å². The molecule has 2 aliphatic rings. The van der Waals surface area contributed by atoms with Gasteiger partial charge in [0, 0.05) is 22.8 Å². The lowest BCUT2D eigenvalue weighted by Crippen LogP contribution is -2.39. The molecule has 0 atom stereocenters. The second-order valence-corrected chi connectivity index (χ2v) is 13.7. The largest absolute Gasteiger partial charge is 0.477 e. The summed E-state index contributed by atoms with van der Waals surface area (Å²) in [4.78, 5) is 52.9. The van der Waals surface area contributed by atoms with Crippen LogP contribution in [0, 0.1) is 0 Å². The van der Waals surface area contributed by atoms with E-state index in [2.05, 4.69) is 0 Å². The Morgan fingerprint density at radius 3 is 1.62 bits per heavy atom. The maximum absolute atomic E-state index is 12.1. The summed E-state index contributed by atoms with van der Waals surface area (Å²) in [5.74, 6) is -1.20. The summed E-state index contributed by atoms with van der Waals surface area (Å²) in [7, 11) is 0. The summed E-state index contributed by atoms with van der Waals surface area (Å²) < 4.78 is 15.7. The molecule has 0 aromatic carbocycles. The van der Waals surface area contributed by atoms with E-state index in [1.54, 1.807) is 22.8 Å². The van der Waals surface area contributed by atoms with Gasteiger partial charge < -0.3 is 29.1 Å². The Kier molecular flexibility index (Phi) is 9.89. The highest BCUT2D eigenvalue weighted by atomic mass is 32.1. The fourth-order valence-corrected chi connectivity index (χ4v) is 6.20. The number of carbonyl (C=O) groups is 4. The van der Waals surface area contributed by atoms with E-state index in [1.807, 2.05) is 47.6 Å². The number of hydrogen-bond acceptors (Lipinski definition) is 9. The number of esters is 1. The molecule has 0 bridgehead atoms. The third kappa shape index (κ3) is 8.69. The minimum Gasteiger partial charge on any atom is -0.477 e. The SMILES string of the molecule is CC(C)(C)OC(=O)N1CCc2cc(C(=O)O)sc2C1.CCOC(=O)c1cc2c(s1)CN(C(=O)OC(C)(C)C)CC2. The standard InChI is InChI=1S/C15H21NO4S.C13H17NO4S/c1-5-19-13(17)11-8-10-6-7-16(9-12(10)21-11)14(18)20-15(2,3)4;1-13(2,3)18-12(17)14-5-4-8-6-9(11(15)16)19-10(8)7-14/h8H,5-7,9H2,1-4H3;6H,4-5,7H2,1-3H3,(H,15,16). The van der Waals surface area contributed by atoms with E-state index in [4.69, 9.17) is 19.3 Å². The molecule has 4 rings (SSSR count). The Bertz CT molecular complexity index is 1250. The van der Waals surface area contributed by atoms with Crippen molar-refractivity contribution in [2.24, 2.45) is 0 Å². The topological polar surface area (TPSA) is 123 Å². The Morgan fingerprint density at radius 1 is 0.800 bits per heavy atom. The molecule has 1 N–H and O–H groups in total. The van der Waals surface area contributed by atoms with Crippen LogP contribution in [0.15, 0.2) is 12.1 Å². The Labute approximate surface area is 242 Å². The smallest absolute Gasteiger partial charge is 0.410 e. The van der Waals surface area contributed by atoms with E-state index in [1.165, 1.54) is 22.7 Å². The van der Waals surface area contributed by atoms with Crippen molar-refractivity contribution in [2.75, 3.05) is 19.7 Å². The molecular weight excluding hydrogens is 556 g/mol. The van der Waals surface area contributed by atoms with Crippen molar-refractivity contribution in [2.45, 2.75) is 85.6 Å². The van der Waals surface area contributed by atoms with Crippen molar-refractivity contribution in [1.29, 1.82) is 0 Å². The van der Waals surface area contributed by atoms with Gasteiger partial charge in [0.2, 0.25) is 0 Å². The molecule has 2 aromatic heterocycles. The number of amides is 2. The zero-order chi connectivity index (χ0) is 29.8. The maximum Gasteiger partial charge on any atom is 0.410 e. The number of aromatic carboxylic acids is 1. The first-order valence-corrected chi connectivity index (χ1v) is 14.8. The number of carboxylic acids is 1. The molecule has 0 saturated carbocycles. The molecule has 10 nitrogen and oxygen atoms in total. The minimum atomic E-state index is -0.914. The summed E-state index contributed by atoms with van der Waals surface area (Å²) in [5.41, 5.74) is 1.15. The highest BCUT2D eigenvalue weighted by molar-refractivity contribution is 7.14. The van der Waals surface area contributed by atoms with Crippen LogP contribution < -0.4 is 0 Å². The van der Waals surface area contributed by atoms with Gasteiger partial charge in [-0.05, 0) is 84.6 Å². The highest BCUT2D eigenvalue weighted by Gasteiger charge is 2.29. The molecule has 0 aliphatic carbocycles. The normalized spacial score (nSPS) is 14.8. The predicted octanol–water partition coefficient (Wildman–Crippen LogP) is 5.96. The van der Waals surface area contributed by atoms with Gasteiger partial charge in [0.05, 0.1) is 19.7 Å². The van der Waals surface area contributed by atoms with E-state index in [-0.39, 0.29) is 18.2 Å². The lowest BCUT2D eigenvalue weighted by Gasteiger charge is -2.29. The van der Waals surface area contributed by atoms with Gasteiger partial charge in [0.15, 0.2) is 0 Å². The van der Waals surface area contributed by atoms with E-state index < -0.39 is 17.2 Å². The third-order valence-electron chi connectivity index (χ3n) is 5.76. The van der Waals surface area contributed by atoms with Crippen LogP contribution in [0.4, 0.5) is 9.59 Å². The molecule has 0 fully saturated rings. The van der Waals surface area contributed by atoms with Crippen LogP contribution in [0.1, 0.15) is 88.7 Å². The molecule has 12 heteroatoms. The number of carbonyl (C=O) groups excluding carboxylic acids is 3. The number of fused-ring (bicyclic) bond motifs is 2. The Morgan fingerprint density at radius 2 is 1.23 bits per heavy atom. The van der Waals surface area contributed by atoms with Crippen LogP contribution in [0.2, 0.25) is 0 Å². The molecule has 0 spiro atoms. The summed E-state index contributed by atoms with van der Waals surface area (Å²) in [6.45, 7) is 15.3. The Hall–Kier alpha value is -3.12. The maximum atomic E-state index is 12.1. The first-order valence-electron chi connectivity index (χ1n) is 13.2. The zero-order valence-electron chi connectivity index (χ0n) is 24.1. The van der Waals surface area contributed by atoms with Gasteiger partial charge in [-0.1, -0.05) is 0 Å². The lowest BCUT2D eigenvalue weighted by molar-refractivity contribution is 0.0216. The molecule has 0 saturated heterocycles. The van der Waals surface area contributed by atoms with Crippen LogP contribution in [0.3, 0.4) is 0 Å². The van der Waals surface area contributed by atoms with Gasteiger partial charge in [0.1, 0.15) is 21.0 Å². The van der Waals surface area contributed by atoms with Crippen molar-refractivity contribution < 1.29 is 38.5 Å². The number of thiophene rings is 2. The molecule has 2 aliphatic heterocycles. The van der Waals surface area contributed by atoms with Crippen LogP contribution in [0.5, 0.6) is 0 Å². The van der Waals surface area contributed by atoms with Crippen LogP contribution in [-0.4, -0.2) is 69.9 Å². The second-order valence-electron chi connectivity index (χ2n) is 11.4. The third-order valence-corrected chi connectivity index (χ3v) is 8.05. The zero-order valence-corrected chi connectivity index (χ0v) is 25.8. The average molecular weight is 595 g/mol. The van der Waals surface area contributed by atoms with Crippen molar-refractivity contribution in [3.05, 3.63) is 42.8 Å². The van der Waals surface area contributed by atoms with Gasteiger partial charge in [0.25, 0.3) is 0 Å². The molecular formula is C28H38N2O8S2. The first kappa shape index (κ1) is 31.4. The van der Waals surface area contributed by atoms with Crippen molar-refractivity contribution >= 4 is 46.8 Å². The monoisotopic (exact) mass is 594 g/mol. The number of ether oxygens (including phenoxy) is 3. The molecule has 0 radical (unpaired) electrons. The van der Waals surface area contributed by atoms with Gasteiger partial charge in [-0.25, -0.2) is 19.2 Å². The van der Waals surface area contributed by atoms with Crippen LogP contribution >= 0.6 is 22.7 Å². The number of carboxylic acid groups (broad SMARTS) is 1. The van der Waals surface area contributed by atoms with Crippen LogP contribution in [-0.2, 0) is 40.1 Å². The number of nitrogens with zero attached hydrogens (tertiary/aromatic N) is 2. The van der Waals surface area contributed by atoms with E-state index in [0.29, 0.717) is 49.0 Å². The summed E-state index contributed by atoms with van der Waals surface area (Å²) in [6, 6.07) is 3.58. The van der Waals surface area contributed by atoms with Crippen molar-refractivity contribution in [1.82, 2.24) is 9.80 Å². The van der Waals surface area contributed by atoms with Gasteiger partial charge in [-0.2, -0.15) is 0 Å². The summed E-state index contributed by atoms with van der Waals surface area (Å²) in [5, 5.41) is 8.97. The van der Waals surface area contributed by atoms with E-state index in [0.717, 1.165) is 27.3 Å². The van der Waals surface area contributed by atoms with Crippen molar-refractivity contribution in [3.8, 4) is 0 Å². The molecule has 40 heavy (non-hydrogen) atoms. The molecule has 220 valence electrons. The molecule has 2 aromatic rings. The average Bonchev–Trinajstić information content (AvgIpc) is 3.46. The van der Waals surface area contributed by atoms with E-state index in [9.17, 15) is 19.2 Å². The fraction of sp³-hybridized carbons (Fsp3) is 0.571. The Balaban J connectivity index is 0.000000222. The molecule has 2 amide bonds.